The number of imidazole rings is 1. The maximum absolute atomic E-state index is 13.3. The van der Waals surface area contributed by atoms with E-state index in [-0.39, 0.29) is 47.0 Å². The lowest BCUT2D eigenvalue weighted by Gasteiger charge is -2.58. The zero-order valence-corrected chi connectivity index (χ0v) is 49.1. The molecule has 0 radical (unpaired) electrons. The lowest BCUT2D eigenvalue weighted by Crippen LogP contribution is -2.50. The quantitative estimate of drug-likeness (QED) is 0.0540. The summed E-state index contributed by atoms with van der Waals surface area (Å²) in [5.41, 5.74) is 7.83. The van der Waals surface area contributed by atoms with E-state index >= 15 is 0 Å². The van der Waals surface area contributed by atoms with Crippen molar-refractivity contribution in [3.63, 3.8) is 0 Å². The summed E-state index contributed by atoms with van der Waals surface area (Å²) in [6.07, 6.45) is 5.85. The summed E-state index contributed by atoms with van der Waals surface area (Å²) in [5.74, 6) is 2.30. The molecule has 4 aliphatic carbocycles. The van der Waals surface area contributed by atoms with E-state index in [1.807, 2.05) is 13.0 Å². The van der Waals surface area contributed by atoms with E-state index in [1.165, 1.54) is 51.5 Å². The lowest BCUT2D eigenvalue weighted by molar-refractivity contribution is -0.347. The van der Waals surface area contributed by atoms with E-state index in [9.17, 15) is 62.7 Å². The summed E-state index contributed by atoms with van der Waals surface area (Å²) in [4.78, 5) is 111. The molecule has 0 spiro atoms. The molecule has 2 amide bonds. The molecule has 442 valence electrons. The smallest absolute Gasteiger partial charge is 0.274 e. The number of aliphatic hydroxyl groups is 2. The highest BCUT2D eigenvalue weighted by molar-refractivity contribution is 8.14. The van der Waals surface area contributed by atoms with Crippen molar-refractivity contribution in [2.45, 2.75) is 156 Å². The molecule has 29 heteroatoms. The number of amides is 2. The molecule has 7 rings (SSSR count). The zero-order valence-electron chi connectivity index (χ0n) is 45.6. The van der Waals surface area contributed by atoms with Crippen LogP contribution in [0, 0.1) is 45.8 Å². The number of fused-ring (bicyclic) bond motifs is 6. The van der Waals surface area contributed by atoms with Crippen LogP contribution in [0.3, 0.4) is 0 Å². The van der Waals surface area contributed by atoms with Crippen LogP contribution in [-0.2, 0) is 55.5 Å². The van der Waals surface area contributed by atoms with E-state index in [2.05, 4.69) is 71.2 Å². The molecule has 2 aromatic heterocycles. The number of allylic oxidation sites excluding steroid dienone is 2. The Kier molecular flexibility index (Phi) is 20.3. The Morgan fingerprint density at radius 2 is 1.71 bits per heavy atom. The molecule has 79 heavy (non-hydrogen) atoms. The van der Waals surface area contributed by atoms with Gasteiger partial charge < -0.3 is 69.0 Å². The number of hydrogen-bond acceptors (Lipinski definition) is 23. The standard InChI is InChI=1S/C50H78N7O18P3S/c1-8-30(10-9-28(2)34-13-14-35-33-12-11-31-23-32(58)15-18-49(31,6)36(33)16-19-50(34,35)7)29(3)47(63)79-22-21-52-38(59)17-20-53-45(62)42(61)48(4,5)25-72-78(69,70)75-77(67,68)71-24-37-41(74-76(64,65)66)40(60)46(73-37)57-27-56-39-43(51)54-26-55-44(39)57/h23,26-28,33-37,40-42,46,60-61H,8-22,24-25H2,1-7H3,(H,52,59)(H,53,62)(H,67,68)(H,69,70)(H2,51,54,55)(H2,64,65,66)/p-4/b30-29+/t28-,33+,34-,35+,36+,37-,40-,41-,42+,46-,49+,50-/m1/s1. The molecular formula is C50H74N7O18P3S-4. The largest absolute Gasteiger partial charge is 0.790 e. The SMILES string of the molecule is CC/C(CC[C@@H](C)[C@H]1CC[C@H]2[C@@H]3CCC4=CC(=O)CC[C@]4(C)[C@H]3CC[C@]12C)=C(/C)C(=O)SCCNC(=O)CCNC(=O)[C@H](O)C(C)(C)COP(=O)([O-])OP(=O)([O-])OC[C@H]1O[C@@H](n2cnc3c(N)ncnc32)[C@H](O)[C@@H]1OP(=O)([O-])[O-]. The number of nitrogens with zero attached hydrogens (tertiary/aromatic N) is 4. The fraction of sp³-hybridized carbons (Fsp3) is 0.740. The van der Waals surface area contributed by atoms with Crippen molar-refractivity contribution in [1.29, 1.82) is 0 Å². The number of carbonyl (C=O) groups is 4. The molecule has 1 saturated heterocycles. The molecule has 2 aromatic rings. The number of hydrogen-bond donors (Lipinski definition) is 5. The number of nitrogens with one attached hydrogen (secondary N) is 2. The van der Waals surface area contributed by atoms with Crippen molar-refractivity contribution in [3.05, 3.63) is 35.4 Å². The second-order valence-electron chi connectivity index (χ2n) is 22.9. The minimum atomic E-state index is -5.94. The number of aliphatic hydroxyl groups excluding tert-OH is 2. The summed E-state index contributed by atoms with van der Waals surface area (Å²) < 4.78 is 61.3. The van der Waals surface area contributed by atoms with Gasteiger partial charge in [-0.15, -0.1) is 0 Å². The summed E-state index contributed by atoms with van der Waals surface area (Å²) in [6.45, 7) is 11.4. The third-order valence-electron chi connectivity index (χ3n) is 17.6. The third-order valence-corrected chi connectivity index (χ3v) is 21.6. The van der Waals surface area contributed by atoms with Gasteiger partial charge in [-0.3, -0.25) is 32.9 Å². The molecule has 3 saturated carbocycles. The Morgan fingerprint density at radius 1 is 0.987 bits per heavy atom. The van der Waals surface area contributed by atoms with Gasteiger partial charge in [-0.05, 0) is 118 Å². The van der Waals surface area contributed by atoms with E-state index in [1.54, 1.807) is 0 Å². The van der Waals surface area contributed by atoms with Crippen molar-refractivity contribution in [3.8, 4) is 0 Å². The predicted octanol–water partition coefficient (Wildman–Crippen LogP) is 3.43. The summed E-state index contributed by atoms with van der Waals surface area (Å²) >= 11 is 1.12. The number of thioether (sulfide) groups is 1. The Balaban J connectivity index is 0.792. The molecule has 3 heterocycles. The Hall–Kier alpha value is -3.29. The first kappa shape index (κ1) is 63.3. The number of rotatable bonds is 25. The maximum atomic E-state index is 13.3. The molecule has 5 aliphatic rings. The zero-order chi connectivity index (χ0) is 58.0. The molecule has 25 nitrogen and oxygen atoms in total. The number of ether oxygens (including phenoxy) is 1. The van der Waals surface area contributed by atoms with Gasteiger partial charge in [-0.2, -0.15) is 0 Å². The topological polar surface area (TPSA) is 392 Å². The van der Waals surface area contributed by atoms with Gasteiger partial charge >= 0.3 is 0 Å². The van der Waals surface area contributed by atoms with Gasteiger partial charge in [-0.25, -0.2) is 19.3 Å². The van der Waals surface area contributed by atoms with Crippen LogP contribution in [0.5, 0.6) is 0 Å². The highest BCUT2D eigenvalue weighted by Gasteiger charge is 2.59. The van der Waals surface area contributed by atoms with Gasteiger partial charge in [0.25, 0.3) is 15.6 Å². The second-order valence-corrected chi connectivity index (χ2v) is 28.0. The van der Waals surface area contributed by atoms with Crippen LogP contribution in [-0.4, -0.2) is 109 Å². The van der Waals surface area contributed by atoms with Gasteiger partial charge in [-0.1, -0.05) is 64.5 Å². The number of phosphoric acid groups is 3. The minimum absolute atomic E-state index is 0.0217. The summed E-state index contributed by atoms with van der Waals surface area (Å²) in [5, 5.41) is 26.7. The van der Waals surface area contributed by atoms with Gasteiger partial charge in [0.05, 0.1) is 27.4 Å². The van der Waals surface area contributed by atoms with E-state index in [0.29, 0.717) is 53.0 Å². The number of nitrogen functional groups attached to an aromatic ring is 1. The normalized spacial score (nSPS) is 30.7. The van der Waals surface area contributed by atoms with Gasteiger partial charge in [0.1, 0.15) is 36.3 Å². The van der Waals surface area contributed by atoms with Crippen LogP contribution in [0.1, 0.15) is 132 Å². The van der Waals surface area contributed by atoms with Crippen LogP contribution < -0.4 is 35.9 Å². The summed E-state index contributed by atoms with van der Waals surface area (Å²) in [7, 11) is -17.7. The first-order chi connectivity index (χ1) is 36.9. The van der Waals surface area contributed by atoms with Crippen LogP contribution in [0.2, 0.25) is 0 Å². The average Bonchev–Trinajstić information content (AvgIpc) is 4.11. The minimum Gasteiger partial charge on any atom is -0.790 e. The highest BCUT2D eigenvalue weighted by atomic mass is 32.2. The first-order valence-corrected chi connectivity index (χ1v) is 32.2. The van der Waals surface area contributed by atoms with Crippen molar-refractivity contribution in [1.82, 2.24) is 30.2 Å². The molecule has 0 bridgehead atoms. The van der Waals surface area contributed by atoms with Gasteiger partial charge in [0.15, 0.2) is 23.5 Å². The van der Waals surface area contributed by atoms with Crippen molar-refractivity contribution in [2.24, 2.45) is 45.8 Å². The molecule has 14 atom stereocenters. The molecule has 2 unspecified atom stereocenters. The van der Waals surface area contributed by atoms with Gasteiger partial charge in [0.2, 0.25) is 16.9 Å². The van der Waals surface area contributed by atoms with Gasteiger partial charge in [0, 0.05) is 42.7 Å². The lowest BCUT2D eigenvalue weighted by atomic mass is 9.46. The molecular weight excluding hydrogens is 1110 g/mol. The molecule has 6 N–H and O–H groups in total. The number of phosphoric ester groups is 3. The summed E-state index contributed by atoms with van der Waals surface area (Å²) in [6, 6.07) is 0. The number of ketones is 1. The fourth-order valence-electron chi connectivity index (χ4n) is 13.3. The Labute approximate surface area is 463 Å². The third kappa shape index (κ3) is 14.7. The second kappa shape index (κ2) is 25.3. The van der Waals surface area contributed by atoms with E-state index in [0.717, 1.165) is 72.2 Å². The number of nitrogens with two attached hydrogens (primary N) is 1. The Bertz CT molecular complexity index is 2810. The predicted molar refractivity (Wildman–Crippen MR) is 280 cm³/mol. The van der Waals surface area contributed by atoms with Crippen LogP contribution in [0.15, 0.2) is 35.4 Å². The van der Waals surface area contributed by atoms with Crippen molar-refractivity contribution < 1.29 is 85.3 Å². The average molecular weight is 1190 g/mol. The monoisotopic (exact) mass is 1190 g/mol. The molecule has 4 fully saturated rings. The number of carbonyl (C=O) groups excluding carboxylic acids is 4. The van der Waals surface area contributed by atoms with Crippen LogP contribution in [0.4, 0.5) is 5.82 Å². The van der Waals surface area contributed by atoms with Crippen molar-refractivity contribution in [2.75, 3.05) is 37.8 Å². The molecule has 0 aromatic carbocycles. The van der Waals surface area contributed by atoms with E-state index in [4.69, 9.17) is 10.5 Å². The highest BCUT2D eigenvalue weighted by Crippen LogP contribution is 2.68. The number of aromatic nitrogens is 4. The van der Waals surface area contributed by atoms with Crippen LogP contribution in [0.25, 0.3) is 11.2 Å². The van der Waals surface area contributed by atoms with E-state index < -0.39 is 84.6 Å². The maximum Gasteiger partial charge on any atom is 0.274 e. The molecule has 1 aliphatic heterocycles. The van der Waals surface area contributed by atoms with Crippen molar-refractivity contribution >= 4 is 74.9 Å². The van der Waals surface area contributed by atoms with Crippen LogP contribution >= 0.6 is 35.2 Å². The Morgan fingerprint density at radius 3 is 2.42 bits per heavy atom. The fourth-order valence-corrected chi connectivity index (χ4v) is 16.8. The first-order valence-electron chi connectivity index (χ1n) is 26.8. The number of anilines is 1.